The number of ether oxygens (including phenoxy) is 1. The first kappa shape index (κ1) is 22.2. The number of aryl methyl sites for hydroxylation is 1. The molecule has 1 aliphatic heterocycles. The quantitative estimate of drug-likeness (QED) is 0.303. The first-order valence-corrected chi connectivity index (χ1v) is 11.9. The first-order chi connectivity index (χ1) is 16.5. The number of oxazole rings is 1. The Morgan fingerprint density at radius 3 is 2.18 bits per heavy atom. The summed E-state index contributed by atoms with van der Waals surface area (Å²) in [5.74, 6) is 3.34. The van der Waals surface area contributed by atoms with Crippen molar-refractivity contribution < 1.29 is 13.5 Å². The standard InChI is InChI=1S/C29H29FN2O2/c1-20-15-17-32(18-16-20)25-9-5-23(6-10-25)29-31-28(21(2)33-29)19-22-3-11-26(12-4-22)34-27-13-7-24(30)8-14-27/h3-14,20H,15-19H2,1-2H3. The van der Waals surface area contributed by atoms with Gasteiger partial charge in [-0.3, -0.25) is 0 Å². The molecule has 4 aromatic rings. The first-order valence-electron chi connectivity index (χ1n) is 11.9. The molecule has 5 rings (SSSR count). The molecule has 0 atom stereocenters. The van der Waals surface area contributed by atoms with E-state index in [2.05, 4.69) is 36.1 Å². The van der Waals surface area contributed by atoms with E-state index in [0.29, 0.717) is 23.8 Å². The molecule has 4 nitrogen and oxygen atoms in total. The fraction of sp³-hybridized carbons (Fsp3) is 0.276. The highest BCUT2D eigenvalue weighted by Gasteiger charge is 2.17. The zero-order chi connectivity index (χ0) is 23.5. The summed E-state index contributed by atoms with van der Waals surface area (Å²) in [6.45, 7) is 6.53. The van der Waals surface area contributed by atoms with E-state index >= 15 is 0 Å². The van der Waals surface area contributed by atoms with Crippen molar-refractivity contribution in [2.24, 2.45) is 5.92 Å². The van der Waals surface area contributed by atoms with Crippen LogP contribution in [0.5, 0.6) is 11.5 Å². The monoisotopic (exact) mass is 456 g/mol. The molecule has 1 aliphatic rings. The summed E-state index contributed by atoms with van der Waals surface area (Å²) in [6, 6.07) is 22.4. The summed E-state index contributed by atoms with van der Waals surface area (Å²) in [6.07, 6.45) is 3.18. The third-order valence-corrected chi connectivity index (χ3v) is 6.50. The number of piperidine rings is 1. The molecule has 0 spiro atoms. The lowest BCUT2D eigenvalue weighted by atomic mass is 9.99. The molecule has 1 fully saturated rings. The zero-order valence-corrected chi connectivity index (χ0v) is 19.6. The van der Waals surface area contributed by atoms with Gasteiger partial charge in [0, 0.05) is 30.8 Å². The number of rotatable bonds is 6. The molecule has 34 heavy (non-hydrogen) atoms. The van der Waals surface area contributed by atoms with Gasteiger partial charge >= 0.3 is 0 Å². The number of anilines is 1. The van der Waals surface area contributed by atoms with Crippen LogP contribution in [-0.2, 0) is 6.42 Å². The Balaban J connectivity index is 1.24. The molecule has 0 saturated carbocycles. The van der Waals surface area contributed by atoms with Crippen molar-refractivity contribution in [1.82, 2.24) is 4.98 Å². The average Bonchev–Trinajstić information content (AvgIpc) is 3.22. The van der Waals surface area contributed by atoms with Gasteiger partial charge < -0.3 is 14.1 Å². The van der Waals surface area contributed by atoms with Gasteiger partial charge in [-0.15, -0.1) is 0 Å². The molecule has 0 unspecified atom stereocenters. The predicted octanol–water partition coefficient (Wildman–Crippen LogP) is 7.41. The molecular weight excluding hydrogens is 427 g/mol. The maximum absolute atomic E-state index is 13.1. The molecular formula is C29H29FN2O2. The van der Waals surface area contributed by atoms with Crippen LogP contribution in [0, 0.1) is 18.7 Å². The van der Waals surface area contributed by atoms with Crippen molar-refractivity contribution in [2.45, 2.75) is 33.1 Å². The largest absolute Gasteiger partial charge is 0.457 e. The normalized spacial score (nSPS) is 14.4. The molecule has 0 aliphatic carbocycles. The number of hydrogen-bond acceptors (Lipinski definition) is 4. The van der Waals surface area contributed by atoms with Crippen molar-refractivity contribution in [2.75, 3.05) is 18.0 Å². The van der Waals surface area contributed by atoms with E-state index in [1.54, 1.807) is 12.1 Å². The smallest absolute Gasteiger partial charge is 0.226 e. The van der Waals surface area contributed by atoms with Gasteiger partial charge in [0.2, 0.25) is 5.89 Å². The van der Waals surface area contributed by atoms with Crippen molar-refractivity contribution in [3.8, 4) is 23.0 Å². The predicted molar refractivity (Wildman–Crippen MR) is 133 cm³/mol. The van der Waals surface area contributed by atoms with Crippen molar-refractivity contribution in [1.29, 1.82) is 0 Å². The second-order valence-electron chi connectivity index (χ2n) is 9.12. The molecule has 1 saturated heterocycles. The van der Waals surface area contributed by atoms with Crippen LogP contribution >= 0.6 is 0 Å². The Morgan fingerprint density at radius 1 is 0.912 bits per heavy atom. The molecule has 1 aromatic heterocycles. The summed E-state index contributed by atoms with van der Waals surface area (Å²) >= 11 is 0. The molecule has 0 bridgehead atoms. The molecule has 5 heteroatoms. The third-order valence-electron chi connectivity index (χ3n) is 6.50. The van der Waals surface area contributed by atoms with Crippen LogP contribution in [0.3, 0.4) is 0 Å². The lowest BCUT2D eigenvalue weighted by Crippen LogP contribution is -2.32. The third kappa shape index (κ3) is 5.14. The number of aromatic nitrogens is 1. The fourth-order valence-corrected chi connectivity index (χ4v) is 4.30. The minimum Gasteiger partial charge on any atom is -0.457 e. The highest BCUT2D eigenvalue weighted by atomic mass is 19.1. The highest BCUT2D eigenvalue weighted by molar-refractivity contribution is 5.60. The second-order valence-corrected chi connectivity index (χ2v) is 9.12. The fourth-order valence-electron chi connectivity index (χ4n) is 4.30. The minimum absolute atomic E-state index is 0.280. The van der Waals surface area contributed by atoms with E-state index in [1.807, 2.05) is 31.2 Å². The van der Waals surface area contributed by atoms with Crippen LogP contribution < -0.4 is 9.64 Å². The maximum Gasteiger partial charge on any atom is 0.226 e. The van der Waals surface area contributed by atoms with Gasteiger partial charge in [-0.2, -0.15) is 0 Å². The van der Waals surface area contributed by atoms with E-state index in [4.69, 9.17) is 14.1 Å². The topological polar surface area (TPSA) is 38.5 Å². The van der Waals surface area contributed by atoms with Crippen molar-refractivity contribution >= 4 is 5.69 Å². The van der Waals surface area contributed by atoms with Gasteiger partial charge in [-0.25, -0.2) is 9.37 Å². The van der Waals surface area contributed by atoms with E-state index < -0.39 is 0 Å². The Hall–Kier alpha value is -3.60. The van der Waals surface area contributed by atoms with E-state index in [9.17, 15) is 4.39 Å². The Bertz CT molecular complexity index is 1220. The molecule has 0 N–H and O–H groups in total. The highest BCUT2D eigenvalue weighted by Crippen LogP contribution is 2.28. The van der Waals surface area contributed by atoms with Crippen molar-refractivity contribution in [3.63, 3.8) is 0 Å². The molecule has 3 aromatic carbocycles. The minimum atomic E-state index is -0.280. The Labute approximate surface area is 200 Å². The van der Waals surface area contributed by atoms with Gasteiger partial charge in [0.1, 0.15) is 23.1 Å². The van der Waals surface area contributed by atoms with Gasteiger partial charge in [-0.05, 0) is 91.9 Å². The lowest BCUT2D eigenvalue weighted by Gasteiger charge is -2.32. The Morgan fingerprint density at radius 2 is 1.53 bits per heavy atom. The molecule has 174 valence electrons. The van der Waals surface area contributed by atoms with Gasteiger partial charge in [0.05, 0.1) is 5.69 Å². The maximum atomic E-state index is 13.1. The Kier molecular flexibility index (Phi) is 6.35. The summed E-state index contributed by atoms with van der Waals surface area (Å²) in [7, 11) is 0. The summed E-state index contributed by atoms with van der Waals surface area (Å²) in [5.41, 5.74) is 4.30. The average molecular weight is 457 g/mol. The molecule has 2 heterocycles. The van der Waals surface area contributed by atoms with Gasteiger partial charge in [0.25, 0.3) is 0 Å². The van der Waals surface area contributed by atoms with Gasteiger partial charge in [0.15, 0.2) is 0 Å². The summed E-state index contributed by atoms with van der Waals surface area (Å²) < 4.78 is 24.8. The van der Waals surface area contributed by atoms with E-state index in [0.717, 1.165) is 41.6 Å². The summed E-state index contributed by atoms with van der Waals surface area (Å²) in [4.78, 5) is 7.24. The zero-order valence-electron chi connectivity index (χ0n) is 19.6. The second kappa shape index (κ2) is 9.72. The van der Waals surface area contributed by atoms with Crippen LogP contribution in [0.4, 0.5) is 10.1 Å². The van der Waals surface area contributed by atoms with Crippen LogP contribution in [0.25, 0.3) is 11.5 Å². The number of nitrogens with zero attached hydrogens (tertiary/aromatic N) is 2. The van der Waals surface area contributed by atoms with Gasteiger partial charge in [-0.1, -0.05) is 19.1 Å². The number of hydrogen-bond donors (Lipinski definition) is 0. The number of halogens is 1. The molecule has 0 radical (unpaired) electrons. The van der Waals surface area contributed by atoms with Crippen molar-refractivity contribution in [3.05, 3.63) is 95.6 Å². The van der Waals surface area contributed by atoms with Crippen LogP contribution in [0.2, 0.25) is 0 Å². The number of benzene rings is 3. The lowest BCUT2D eigenvalue weighted by molar-refractivity contribution is 0.438. The summed E-state index contributed by atoms with van der Waals surface area (Å²) in [5, 5.41) is 0. The SMILES string of the molecule is Cc1oc(-c2ccc(N3CCC(C)CC3)cc2)nc1Cc1ccc(Oc2ccc(F)cc2)cc1. The van der Waals surface area contributed by atoms with Crippen LogP contribution in [0.1, 0.15) is 36.8 Å². The van der Waals surface area contributed by atoms with Crippen LogP contribution in [0.15, 0.2) is 77.2 Å². The molecule has 0 amide bonds. The van der Waals surface area contributed by atoms with Crippen LogP contribution in [-0.4, -0.2) is 18.1 Å². The van der Waals surface area contributed by atoms with E-state index in [1.165, 1.54) is 30.7 Å². The van der Waals surface area contributed by atoms with E-state index in [-0.39, 0.29) is 5.82 Å².